The maximum atomic E-state index is 5.97. The molecule has 0 N–H and O–H groups in total. The van der Waals surface area contributed by atoms with Gasteiger partial charge < -0.3 is 0 Å². The van der Waals surface area contributed by atoms with Crippen LogP contribution in [0, 0.1) is 11.8 Å². The Balaban J connectivity index is 2.97. The predicted molar refractivity (Wildman–Crippen MR) is 49.3 cm³/mol. The lowest BCUT2D eigenvalue weighted by atomic mass is 10.1. The highest BCUT2D eigenvalue weighted by molar-refractivity contribution is 6.31. The van der Waals surface area contributed by atoms with E-state index in [0.29, 0.717) is 0 Å². The van der Waals surface area contributed by atoms with Crippen molar-refractivity contribution >= 4 is 11.6 Å². The van der Waals surface area contributed by atoms with Crippen LogP contribution in [-0.2, 0) is 0 Å². The van der Waals surface area contributed by atoms with E-state index in [9.17, 15) is 0 Å². The Labute approximate surface area is 72.9 Å². The van der Waals surface area contributed by atoms with Gasteiger partial charge in [0.05, 0.1) is 0 Å². The molecule has 0 saturated heterocycles. The third-order valence-corrected chi connectivity index (χ3v) is 2.06. The van der Waals surface area contributed by atoms with Crippen LogP contribution in [0.2, 0.25) is 0 Å². The van der Waals surface area contributed by atoms with Crippen LogP contribution in [0.3, 0.4) is 0 Å². The maximum Gasteiger partial charge on any atom is 0.0404 e. The van der Waals surface area contributed by atoms with Crippen LogP contribution in [0.4, 0.5) is 0 Å². The number of hydrogen-bond acceptors (Lipinski definition) is 0. The van der Waals surface area contributed by atoms with Gasteiger partial charge in [-0.2, -0.15) is 0 Å². The summed E-state index contributed by atoms with van der Waals surface area (Å²) in [5.74, 6) is 6.14. The second-order valence-electron chi connectivity index (χ2n) is 2.83. The van der Waals surface area contributed by atoms with Gasteiger partial charge in [0.1, 0.15) is 0 Å². The van der Waals surface area contributed by atoms with Crippen molar-refractivity contribution in [2.24, 2.45) is 0 Å². The van der Waals surface area contributed by atoms with Gasteiger partial charge in [0.2, 0.25) is 0 Å². The molecule has 1 heteroatoms. The standard InChI is InChI=1S/C10H11Cl/c1-8-5-3-4-6-9(2)10(11)7-8/h7H,5-6H2,1-2H3/b8-7-,10-9+. The Kier molecular flexibility index (Phi) is 2.79. The van der Waals surface area contributed by atoms with Gasteiger partial charge in [-0.3, -0.25) is 0 Å². The van der Waals surface area contributed by atoms with E-state index in [4.69, 9.17) is 11.6 Å². The molecule has 0 fully saturated rings. The SMILES string of the molecule is C/C1=C/C(Cl)=C(/C)CC#CC1. The molecular weight excluding hydrogens is 156 g/mol. The molecule has 11 heavy (non-hydrogen) atoms. The van der Waals surface area contributed by atoms with Gasteiger partial charge in [0.25, 0.3) is 0 Å². The van der Waals surface area contributed by atoms with E-state index >= 15 is 0 Å². The molecule has 1 aliphatic carbocycles. The van der Waals surface area contributed by atoms with Gasteiger partial charge in [-0.1, -0.05) is 29.0 Å². The first-order chi connectivity index (χ1) is 5.20. The summed E-state index contributed by atoms with van der Waals surface area (Å²) in [6, 6.07) is 0. The summed E-state index contributed by atoms with van der Waals surface area (Å²) in [6.07, 6.45) is 3.66. The summed E-state index contributed by atoms with van der Waals surface area (Å²) in [5, 5.41) is 0.858. The molecular formula is C10H11Cl. The molecule has 0 bridgehead atoms. The Hall–Kier alpha value is -0.670. The van der Waals surface area contributed by atoms with Gasteiger partial charge in [-0.15, -0.1) is 0 Å². The molecule has 0 unspecified atom stereocenters. The van der Waals surface area contributed by atoms with Crippen molar-refractivity contribution in [1.29, 1.82) is 0 Å². The first kappa shape index (κ1) is 8.43. The van der Waals surface area contributed by atoms with Crippen LogP contribution in [0.25, 0.3) is 0 Å². The second-order valence-corrected chi connectivity index (χ2v) is 3.23. The fraction of sp³-hybridized carbons (Fsp3) is 0.400. The van der Waals surface area contributed by atoms with Crippen LogP contribution >= 0.6 is 11.6 Å². The van der Waals surface area contributed by atoms with Gasteiger partial charge >= 0.3 is 0 Å². The lowest BCUT2D eigenvalue weighted by Gasteiger charge is -2.01. The first-order valence-corrected chi connectivity index (χ1v) is 4.06. The monoisotopic (exact) mass is 166 g/mol. The van der Waals surface area contributed by atoms with Gasteiger partial charge in [0.15, 0.2) is 0 Å². The molecule has 0 spiro atoms. The molecule has 0 heterocycles. The molecule has 1 aliphatic rings. The zero-order valence-electron chi connectivity index (χ0n) is 6.87. The Bertz CT molecular complexity index is 271. The minimum atomic E-state index is 0.808. The largest absolute Gasteiger partial charge is 0.0985 e. The summed E-state index contributed by atoms with van der Waals surface area (Å²) in [4.78, 5) is 0. The zero-order valence-corrected chi connectivity index (χ0v) is 7.63. The van der Waals surface area contributed by atoms with Gasteiger partial charge in [-0.05, 0) is 25.5 Å². The van der Waals surface area contributed by atoms with E-state index in [1.807, 2.05) is 13.0 Å². The molecule has 1 rings (SSSR count). The molecule has 0 saturated carbocycles. The van der Waals surface area contributed by atoms with Crippen molar-refractivity contribution in [2.45, 2.75) is 26.7 Å². The normalized spacial score (nSPS) is 29.2. The molecule has 0 amide bonds. The molecule has 0 aromatic rings. The Morgan fingerprint density at radius 3 is 2.64 bits per heavy atom. The first-order valence-electron chi connectivity index (χ1n) is 3.68. The fourth-order valence-electron chi connectivity index (χ4n) is 0.872. The van der Waals surface area contributed by atoms with Crippen LogP contribution in [-0.4, -0.2) is 0 Å². The minimum absolute atomic E-state index is 0.808. The fourth-order valence-corrected chi connectivity index (χ4v) is 1.13. The van der Waals surface area contributed by atoms with E-state index < -0.39 is 0 Å². The zero-order chi connectivity index (χ0) is 8.27. The molecule has 0 aromatic carbocycles. The highest BCUT2D eigenvalue weighted by atomic mass is 35.5. The second kappa shape index (κ2) is 3.64. The summed E-state index contributed by atoms with van der Waals surface area (Å²) >= 11 is 5.97. The molecule has 0 aliphatic heterocycles. The summed E-state index contributed by atoms with van der Waals surface area (Å²) in [6.45, 7) is 4.07. The lowest BCUT2D eigenvalue weighted by Crippen LogP contribution is -1.84. The number of allylic oxidation sites excluding steroid dienone is 4. The third-order valence-electron chi connectivity index (χ3n) is 1.63. The quantitative estimate of drug-likeness (QED) is 0.485. The molecule has 58 valence electrons. The van der Waals surface area contributed by atoms with Crippen molar-refractivity contribution in [3.63, 3.8) is 0 Å². The smallest absolute Gasteiger partial charge is 0.0404 e. The lowest BCUT2D eigenvalue weighted by molar-refractivity contribution is 1.18. The van der Waals surface area contributed by atoms with Gasteiger partial charge in [-0.25, -0.2) is 0 Å². The van der Waals surface area contributed by atoms with E-state index in [-0.39, 0.29) is 0 Å². The van der Waals surface area contributed by atoms with Crippen LogP contribution in [0.15, 0.2) is 22.3 Å². The number of hydrogen-bond donors (Lipinski definition) is 0. The van der Waals surface area contributed by atoms with Crippen LogP contribution in [0.1, 0.15) is 26.7 Å². The van der Waals surface area contributed by atoms with Crippen molar-refractivity contribution in [3.8, 4) is 11.8 Å². The predicted octanol–water partition coefficient (Wildman–Crippen LogP) is 3.24. The summed E-state index contributed by atoms with van der Waals surface area (Å²) < 4.78 is 0. The number of halogens is 1. The highest BCUT2D eigenvalue weighted by Gasteiger charge is 1.97. The minimum Gasteiger partial charge on any atom is -0.0985 e. The van der Waals surface area contributed by atoms with Crippen LogP contribution < -0.4 is 0 Å². The highest BCUT2D eigenvalue weighted by Crippen LogP contribution is 2.18. The summed E-state index contributed by atoms with van der Waals surface area (Å²) in [7, 11) is 0. The Morgan fingerprint density at radius 2 is 1.91 bits per heavy atom. The van der Waals surface area contributed by atoms with Gasteiger partial charge in [0, 0.05) is 17.9 Å². The van der Waals surface area contributed by atoms with Crippen molar-refractivity contribution in [3.05, 3.63) is 22.3 Å². The van der Waals surface area contributed by atoms with Crippen LogP contribution in [0.5, 0.6) is 0 Å². The topological polar surface area (TPSA) is 0 Å². The third kappa shape index (κ3) is 2.44. The molecule has 0 aromatic heterocycles. The van der Waals surface area contributed by atoms with Crippen molar-refractivity contribution in [1.82, 2.24) is 0 Å². The van der Waals surface area contributed by atoms with Crippen molar-refractivity contribution in [2.75, 3.05) is 0 Å². The van der Waals surface area contributed by atoms with E-state index in [0.717, 1.165) is 17.9 Å². The number of rotatable bonds is 0. The maximum absolute atomic E-state index is 5.97. The molecule has 0 radical (unpaired) electrons. The van der Waals surface area contributed by atoms with E-state index in [2.05, 4.69) is 18.8 Å². The van der Waals surface area contributed by atoms with E-state index in [1.165, 1.54) is 11.1 Å². The summed E-state index contributed by atoms with van der Waals surface area (Å²) in [5.41, 5.74) is 2.40. The average molecular weight is 167 g/mol. The average Bonchev–Trinajstić information content (AvgIpc) is 1.95. The van der Waals surface area contributed by atoms with E-state index in [1.54, 1.807) is 0 Å². The Morgan fingerprint density at radius 1 is 1.27 bits per heavy atom. The molecule has 0 atom stereocenters. The van der Waals surface area contributed by atoms with Crippen molar-refractivity contribution < 1.29 is 0 Å². The molecule has 0 nitrogen and oxygen atoms in total.